The number of pyridine rings is 1. The molecule has 1 aliphatic carbocycles. The molecule has 1 fully saturated rings. The summed E-state index contributed by atoms with van der Waals surface area (Å²) in [6.07, 6.45) is 7.09. The van der Waals surface area contributed by atoms with Gasteiger partial charge in [0, 0.05) is 47.2 Å². The Labute approximate surface area is 388 Å². The summed E-state index contributed by atoms with van der Waals surface area (Å²) < 4.78 is 10.4. The van der Waals surface area contributed by atoms with E-state index >= 15 is 0 Å². The molecule has 1 unspecified atom stereocenters. The molecule has 8 rings (SSSR count). The quantitative estimate of drug-likeness (QED) is 0.114. The fourth-order valence-electron chi connectivity index (χ4n) is 7.86. The first-order valence-electron chi connectivity index (χ1n) is 21.9. The number of anilines is 2. The number of carbonyl (C=O) groups is 2. The highest BCUT2D eigenvalue weighted by Gasteiger charge is 2.40. The van der Waals surface area contributed by atoms with Crippen LogP contribution < -0.4 is 14.4 Å². The number of rotatable bonds is 11. The molecule has 344 valence electrons. The molecule has 65 heavy (non-hydrogen) atoms. The largest absolute Gasteiger partial charge is 0.497 e. The summed E-state index contributed by atoms with van der Waals surface area (Å²) in [6, 6.07) is 40.3. The van der Waals surface area contributed by atoms with E-state index in [9.17, 15) is 14.7 Å². The van der Waals surface area contributed by atoms with E-state index < -0.39 is 23.5 Å². The molecule has 1 aliphatic heterocycles. The van der Waals surface area contributed by atoms with Crippen molar-refractivity contribution in [1.29, 1.82) is 0 Å². The van der Waals surface area contributed by atoms with Crippen LogP contribution in [0.2, 0.25) is 0 Å². The Morgan fingerprint density at radius 1 is 0.785 bits per heavy atom. The molecule has 0 amide bonds. The molecular weight excluding hydrogens is 837 g/mol. The number of likely N-dealkylation sites (N-methyl/N-ethyl adjacent to an activating group) is 1. The summed E-state index contributed by atoms with van der Waals surface area (Å²) in [5.41, 5.74) is 3.97. The Morgan fingerprint density at radius 3 is 1.98 bits per heavy atom. The van der Waals surface area contributed by atoms with Crippen LogP contribution in [0.5, 0.6) is 11.5 Å². The molecule has 1 saturated carbocycles. The van der Waals surface area contributed by atoms with Gasteiger partial charge in [0.25, 0.3) is 0 Å². The van der Waals surface area contributed by atoms with Crippen LogP contribution in [-0.4, -0.2) is 104 Å². The van der Waals surface area contributed by atoms with Gasteiger partial charge >= 0.3 is 11.9 Å². The maximum atomic E-state index is 11.2. The molecule has 4 atom stereocenters. The minimum absolute atomic E-state index is 0.220. The predicted molar refractivity (Wildman–Crippen MR) is 262 cm³/mol. The first-order valence-corrected chi connectivity index (χ1v) is 22.7. The fraction of sp³-hybridized carbons (Fsp3) is 0.340. The highest BCUT2D eigenvalue weighted by molar-refractivity contribution is 7.99. The van der Waals surface area contributed by atoms with Crippen LogP contribution >= 0.6 is 11.8 Å². The third-order valence-corrected chi connectivity index (χ3v) is 13.0. The van der Waals surface area contributed by atoms with Crippen molar-refractivity contribution in [3.63, 3.8) is 0 Å². The molecule has 2 aliphatic rings. The molecule has 11 nitrogen and oxygen atoms in total. The van der Waals surface area contributed by atoms with Crippen molar-refractivity contribution in [2.45, 2.75) is 66.9 Å². The van der Waals surface area contributed by atoms with E-state index in [-0.39, 0.29) is 5.56 Å². The molecule has 12 heteroatoms. The van der Waals surface area contributed by atoms with Gasteiger partial charge in [-0.2, -0.15) is 0 Å². The number of aromatic carboxylic acids is 1. The Kier molecular flexibility index (Phi) is 18.4. The summed E-state index contributed by atoms with van der Waals surface area (Å²) in [4.78, 5) is 34.3. The number of nitrogens with zero attached hydrogens (tertiary/aromatic N) is 4. The zero-order chi connectivity index (χ0) is 47.1. The second-order valence-corrected chi connectivity index (χ2v) is 18.0. The smallest absolute Gasteiger partial charge is 0.337 e. The number of benzene rings is 5. The van der Waals surface area contributed by atoms with Crippen molar-refractivity contribution in [1.82, 2.24) is 14.8 Å². The Morgan fingerprint density at radius 2 is 1.42 bits per heavy atom. The predicted octanol–water partition coefficient (Wildman–Crippen LogP) is 10.7. The van der Waals surface area contributed by atoms with E-state index in [0.717, 1.165) is 65.8 Å². The number of aromatic nitrogens is 1. The van der Waals surface area contributed by atoms with Gasteiger partial charge in [-0.25, -0.2) is 4.79 Å². The van der Waals surface area contributed by atoms with Crippen LogP contribution in [0, 0.1) is 5.92 Å². The molecule has 0 saturated heterocycles. The van der Waals surface area contributed by atoms with Crippen molar-refractivity contribution in [3.8, 4) is 11.5 Å². The van der Waals surface area contributed by atoms with Crippen molar-refractivity contribution < 1.29 is 34.4 Å². The summed E-state index contributed by atoms with van der Waals surface area (Å²) in [5, 5.41) is 30.6. The SMILES string of the molecule is CC(CN1c2ccccc2Sc2ccccc21)N(C)C.COc1ccc2cc([C@H](C)C(=O)O)ccc2c1.COc1cccc([C@@]2(O)CCCC[C@@H]2CN(C)C)c1.O=C(O)c1cccnc1. The van der Waals surface area contributed by atoms with Gasteiger partial charge in [-0.1, -0.05) is 85.3 Å². The Balaban J connectivity index is 0.000000168. The van der Waals surface area contributed by atoms with Gasteiger partial charge in [-0.05, 0) is 137 Å². The number of hydrogen-bond donors (Lipinski definition) is 3. The third-order valence-electron chi connectivity index (χ3n) is 11.9. The number of aliphatic carboxylic acids is 1. The van der Waals surface area contributed by atoms with Gasteiger partial charge < -0.3 is 39.5 Å². The Bertz CT molecular complexity index is 2420. The average Bonchev–Trinajstić information content (AvgIpc) is 3.32. The molecule has 6 aromatic rings. The summed E-state index contributed by atoms with van der Waals surface area (Å²) in [6.45, 7) is 5.88. The summed E-state index contributed by atoms with van der Waals surface area (Å²) >= 11 is 1.87. The molecule has 2 heterocycles. The van der Waals surface area contributed by atoms with Crippen molar-refractivity contribution in [2.24, 2.45) is 5.92 Å². The lowest BCUT2D eigenvalue weighted by Crippen LogP contribution is -2.43. The number of fused-ring (bicyclic) bond motifs is 3. The molecule has 3 N–H and O–H groups in total. The van der Waals surface area contributed by atoms with Crippen molar-refractivity contribution in [3.05, 3.63) is 150 Å². The lowest BCUT2D eigenvalue weighted by molar-refractivity contribution is -0.138. The summed E-state index contributed by atoms with van der Waals surface area (Å²) in [5.74, 6) is -0.317. The number of hydrogen-bond acceptors (Lipinski definition) is 10. The van der Waals surface area contributed by atoms with E-state index in [1.54, 1.807) is 27.2 Å². The number of para-hydroxylation sites is 2. The zero-order valence-electron chi connectivity index (χ0n) is 38.8. The van der Waals surface area contributed by atoms with Gasteiger partial charge in [0.2, 0.25) is 0 Å². The molecule has 0 bridgehead atoms. The molecule has 0 radical (unpaired) electrons. The number of carboxylic acids is 2. The topological polar surface area (TPSA) is 136 Å². The number of aliphatic hydroxyl groups is 1. The monoisotopic (exact) mass is 900 g/mol. The molecular formula is C53H64N4O7S. The van der Waals surface area contributed by atoms with E-state index in [1.807, 2.05) is 72.4 Å². The second-order valence-electron chi connectivity index (χ2n) is 16.9. The van der Waals surface area contributed by atoms with Crippen molar-refractivity contribution in [2.75, 3.05) is 60.4 Å². The first-order chi connectivity index (χ1) is 31.1. The highest BCUT2D eigenvalue weighted by atomic mass is 32.2. The van der Waals surface area contributed by atoms with Crippen LogP contribution in [0.3, 0.4) is 0 Å². The van der Waals surface area contributed by atoms with Gasteiger partial charge in [0.1, 0.15) is 11.5 Å². The van der Waals surface area contributed by atoms with Gasteiger partial charge in [0.05, 0.1) is 42.7 Å². The maximum absolute atomic E-state index is 11.2. The Hall–Kier alpha value is -5.92. The van der Waals surface area contributed by atoms with Crippen molar-refractivity contribution >= 4 is 45.8 Å². The van der Waals surface area contributed by atoms with Crippen LogP contribution in [0.4, 0.5) is 11.4 Å². The average molecular weight is 901 g/mol. The normalized spacial score (nSPS) is 17.1. The lowest BCUT2D eigenvalue weighted by Gasteiger charge is -2.41. The van der Waals surface area contributed by atoms with E-state index in [4.69, 9.17) is 19.7 Å². The van der Waals surface area contributed by atoms with Crippen LogP contribution in [-0.2, 0) is 10.4 Å². The fourth-order valence-corrected chi connectivity index (χ4v) is 8.96. The van der Waals surface area contributed by atoms with E-state index in [1.165, 1.54) is 46.0 Å². The van der Waals surface area contributed by atoms with Gasteiger partial charge in [0.15, 0.2) is 0 Å². The van der Waals surface area contributed by atoms with E-state index in [0.29, 0.717) is 12.0 Å². The van der Waals surface area contributed by atoms with Crippen LogP contribution in [0.15, 0.2) is 144 Å². The molecule has 0 spiro atoms. The zero-order valence-corrected chi connectivity index (χ0v) is 39.7. The van der Waals surface area contributed by atoms with E-state index in [2.05, 4.69) is 103 Å². The number of carboxylic acid groups (broad SMARTS) is 2. The second kappa shape index (κ2) is 23.8. The first kappa shape index (κ1) is 50.1. The number of ether oxygens (including phenoxy) is 2. The minimum Gasteiger partial charge on any atom is -0.497 e. The third kappa shape index (κ3) is 13.6. The van der Waals surface area contributed by atoms with Crippen LogP contribution in [0.1, 0.15) is 66.9 Å². The molecule has 1 aromatic heterocycles. The van der Waals surface area contributed by atoms with Crippen LogP contribution in [0.25, 0.3) is 10.8 Å². The maximum Gasteiger partial charge on any atom is 0.337 e. The standard InChI is InChI=1S/C17H20N2S.C16H25NO2.C14H14O3.C6H5NO2/c1-13(18(2)3)12-19-14-8-4-6-10-16(14)20-17-11-7-5-9-15(17)19;1-17(2)12-14-7-4-5-10-16(14,18)13-8-6-9-15(11-13)19-3;1-9(14(15)16)10-3-4-12-8-13(17-2)6-5-11(12)7-10;8-6(9)5-2-1-3-7-4-5/h4-11,13H,12H2,1-3H3;6,8-9,11,14,18H,4-5,7,10,12H2,1-3H3;3-9H,1-2H3,(H,15,16);1-4H,(H,8,9)/t;14-,16+;9-;/m.10./s1. The minimum atomic E-state index is -0.942. The number of methoxy groups -OCH3 is 2. The van der Waals surface area contributed by atoms with Gasteiger partial charge in [-0.15, -0.1) is 0 Å². The molecule has 5 aromatic carbocycles. The van der Waals surface area contributed by atoms with Gasteiger partial charge in [-0.3, -0.25) is 9.78 Å². The highest BCUT2D eigenvalue weighted by Crippen LogP contribution is 2.48. The lowest BCUT2D eigenvalue weighted by atomic mass is 9.71. The summed E-state index contributed by atoms with van der Waals surface area (Å²) in [7, 11) is 11.7.